The van der Waals surface area contributed by atoms with Crippen LogP contribution in [0, 0.1) is 0 Å². The average molecular weight is 319 g/mol. The first-order chi connectivity index (χ1) is 10.9. The van der Waals surface area contributed by atoms with Crippen molar-refractivity contribution in [1.29, 1.82) is 0 Å². The Morgan fingerprint density at radius 1 is 1.35 bits per heavy atom. The third-order valence-corrected chi connectivity index (χ3v) is 3.71. The fourth-order valence-electron chi connectivity index (χ4n) is 2.49. The summed E-state index contributed by atoms with van der Waals surface area (Å²) in [6.07, 6.45) is -0.242. The van der Waals surface area contributed by atoms with Crippen molar-refractivity contribution in [2.45, 2.75) is 31.9 Å². The molecule has 1 aliphatic heterocycles. The number of carbonyl (C=O) groups is 2. The number of amides is 1. The van der Waals surface area contributed by atoms with E-state index in [2.05, 4.69) is 6.58 Å². The van der Waals surface area contributed by atoms with Crippen LogP contribution in [0.25, 0.3) is 0 Å². The predicted molar refractivity (Wildman–Crippen MR) is 84.5 cm³/mol. The molecule has 2 N–H and O–H groups in total. The SMILES string of the molecule is C=C(C)COc1ccc(C(=O)N2CC[C@H](O)C[C@@H]2C(=O)O)cc1. The van der Waals surface area contributed by atoms with Crippen molar-refractivity contribution in [2.75, 3.05) is 13.2 Å². The number of carbonyl (C=O) groups excluding carboxylic acids is 1. The van der Waals surface area contributed by atoms with E-state index < -0.39 is 18.1 Å². The van der Waals surface area contributed by atoms with Crippen molar-refractivity contribution in [3.63, 3.8) is 0 Å². The minimum atomic E-state index is -1.10. The summed E-state index contributed by atoms with van der Waals surface area (Å²) in [5.41, 5.74) is 1.29. The fraction of sp³-hybridized carbons (Fsp3) is 0.412. The second-order valence-electron chi connectivity index (χ2n) is 5.80. The van der Waals surface area contributed by atoms with Gasteiger partial charge in [-0.2, -0.15) is 0 Å². The predicted octanol–water partition coefficient (Wildman–Crippen LogP) is 1.69. The zero-order valence-electron chi connectivity index (χ0n) is 13.1. The van der Waals surface area contributed by atoms with Crippen LogP contribution in [0.2, 0.25) is 0 Å². The summed E-state index contributed by atoms with van der Waals surface area (Å²) in [4.78, 5) is 25.1. The molecule has 0 aliphatic carbocycles. The molecule has 1 heterocycles. The second kappa shape index (κ2) is 7.28. The van der Waals surface area contributed by atoms with Gasteiger partial charge in [0.25, 0.3) is 5.91 Å². The van der Waals surface area contributed by atoms with Crippen molar-refractivity contribution in [3.05, 3.63) is 42.0 Å². The lowest BCUT2D eigenvalue weighted by Crippen LogP contribution is -2.51. The molecule has 0 saturated carbocycles. The van der Waals surface area contributed by atoms with Crippen LogP contribution in [0.1, 0.15) is 30.1 Å². The Kier molecular flexibility index (Phi) is 5.39. The van der Waals surface area contributed by atoms with E-state index >= 15 is 0 Å². The van der Waals surface area contributed by atoms with E-state index in [0.29, 0.717) is 24.3 Å². The number of ether oxygens (including phenoxy) is 1. The van der Waals surface area contributed by atoms with Crippen molar-refractivity contribution in [1.82, 2.24) is 4.90 Å². The van der Waals surface area contributed by atoms with Crippen LogP contribution in [0.15, 0.2) is 36.4 Å². The molecule has 1 aromatic rings. The molecule has 1 aliphatic rings. The molecule has 1 saturated heterocycles. The van der Waals surface area contributed by atoms with Gasteiger partial charge in [0.2, 0.25) is 0 Å². The maximum atomic E-state index is 12.5. The highest BCUT2D eigenvalue weighted by atomic mass is 16.5. The van der Waals surface area contributed by atoms with Crippen LogP contribution in [0.3, 0.4) is 0 Å². The highest BCUT2D eigenvalue weighted by Gasteiger charge is 2.35. The molecule has 23 heavy (non-hydrogen) atoms. The molecule has 6 heteroatoms. The molecule has 2 atom stereocenters. The first-order valence-corrected chi connectivity index (χ1v) is 7.47. The van der Waals surface area contributed by atoms with Crippen LogP contribution in [-0.4, -0.2) is 52.3 Å². The van der Waals surface area contributed by atoms with Gasteiger partial charge in [-0.25, -0.2) is 4.79 Å². The molecule has 2 rings (SSSR count). The zero-order chi connectivity index (χ0) is 17.0. The first-order valence-electron chi connectivity index (χ1n) is 7.47. The largest absolute Gasteiger partial charge is 0.489 e. The first kappa shape index (κ1) is 17.0. The summed E-state index contributed by atoms with van der Waals surface area (Å²) in [5.74, 6) is -0.831. The molecule has 0 radical (unpaired) electrons. The summed E-state index contributed by atoms with van der Waals surface area (Å²) in [6, 6.07) is 5.57. The van der Waals surface area contributed by atoms with Crippen LogP contribution in [-0.2, 0) is 4.79 Å². The summed E-state index contributed by atoms with van der Waals surface area (Å²) < 4.78 is 5.47. The van der Waals surface area contributed by atoms with Gasteiger partial charge in [-0.1, -0.05) is 6.58 Å². The van der Waals surface area contributed by atoms with Gasteiger partial charge < -0.3 is 19.8 Å². The molecule has 0 bridgehead atoms. The van der Waals surface area contributed by atoms with Crippen molar-refractivity contribution < 1.29 is 24.5 Å². The Bertz CT molecular complexity index is 596. The fourth-order valence-corrected chi connectivity index (χ4v) is 2.49. The van der Waals surface area contributed by atoms with Crippen molar-refractivity contribution in [3.8, 4) is 5.75 Å². The number of aliphatic carboxylic acids is 1. The van der Waals surface area contributed by atoms with E-state index in [1.165, 1.54) is 4.90 Å². The van der Waals surface area contributed by atoms with Crippen molar-refractivity contribution >= 4 is 11.9 Å². The Morgan fingerprint density at radius 2 is 2.00 bits per heavy atom. The molecule has 0 aromatic heterocycles. The molecule has 1 fully saturated rings. The molecular weight excluding hydrogens is 298 g/mol. The normalized spacial score (nSPS) is 20.9. The number of hydrogen-bond donors (Lipinski definition) is 2. The number of aliphatic hydroxyl groups is 1. The Balaban J connectivity index is 2.09. The number of nitrogens with zero attached hydrogens (tertiary/aromatic N) is 1. The van der Waals surface area contributed by atoms with Gasteiger partial charge in [0.05, 0.1) is 6.10 Å². The van der Waals surface area contributed by atoms with E-state index in [4.69, 9.17) is 4.74 Å². The third-order valence-electron chi connectivity index (χ3n) is 3.71. The number of rotatable bonds is 5. The lowest BCUT2D eigenvalue weighted by molar-refractivity contribution is -0.145. The van der Waals surface area contributed by atoms with E-state index in [-0.39, 0.29) is 18.9 Å². The standard InChI is InChI=1S/C17H21NO5/c1-11(2)10-23-14-5-3-12(4-6-14)16(20)18-8-7-13(19)9-15(18)17(21)22/h3-6,13,15,19H,1,7-10H2,2H3,(H,21,22)/t13-,15+/m0/s1. The molecule has 1 amide bonds. The Labute approximate surface area is 135 Å². The molecule has 1 aromatic carbocycles. The van der Waals surface area contributed by atoms with Gasteiger partial charge >= 0.3 is 5.97 Å². The van der Waals surface area contributed by atoms with Crippen LogP contribution >= 0.6 is 0 Å². The summed E-state index contributed by atoms with van der Waals surface area (Å²) in [6.45, 7) is 6.23. The quantitative estimate of drug-likeness (QED) is 0.807. The maximum absolute atomic E-state index is 12.5. The van der Waals surface area contributed by atoms with Crippen LogP contribution in [0.4, 0.5) is 0 Å². The van der Waals surface area contributed by atoms with E-state index in [1.54, 1.807) is 24.3 Å². The lowest BCUT2D eigenvalue weighted by atomic mass is 9.98. The number of carboxylic acids is 1. The topological polar surface area (TPSA) is 87.1 Å². The summed E-state index contributed by atoms with van der Waals surface area (Å²) >= 11 is 0. The van der Waals surface area contributed by atoms with Crippen LogP contribution in [0.5, 0.6) is 5.75 Å². The van der Waals surface area contributed by atoms with Crippen molar-refractivity contribution in [2.24, 2.45) is 0 Å². The Hall–Kier alpha value is -2.34. The Morgan fingerprint density at radius 3 is 2.57 bits per heavy atom. The van der Waals surface area contributed by atoms with Gasteiger partial charge in [0, 0.05) is 18.5 Å². The molecule has 0 spiro atoms. The average Bonchev–Trinajstić information content (AvgIpc) is 2.52. The van der Waals surface area contributed by atoms with E-state index in [1.807, 2.05) is 6.92 Å². The number of likely N-dealkylation sites (tertiary alicyclic amines) is 1. The monoisotopic (exact) mass is 319 g/mol. The van der Waals surface area contributed by atoms with Gasteiger partial charge in [-0.15, -0.1) is 0 Å². The second-order valence-corrected chi connectivity index (χ2v) is 5.80. The highest BCUT2D eigenvalue weighted by molar-refractivity contribution is 5.96. The number of hydrogen-bond acceptors (Lipinski definition) is 4. The van der Waals surface area contributed by atoms with Gasteiger partial charge in [0.15, 0.2) is 0 Å². The van der Waals surface area contributed by atoms with Gasteiger partial charge in [-0.3, -0.25) is 4.79 Å². The smallest absolute Gasteiger partial charge is 0.326 e. The van der Waals surface area contributed by atoms with Gasteiger partial charge in [0.1, 0.15) is 18.4 Å². The lowest BCUT2D eigenvalue weighted by Gasteiger charge is -2.35. The van der Waals surface area contributed by atoms with Crippen LogP contribution < -0.4 is 4.74 Å². The minimum Gasteiger partial charge on any atom is -0.489 e. The number of aliphatic hydroxyl groups excluding tert-OH is 1. The number of carboxylic acid groups (broad SMARTS) is 1. The van der Waals surface area contributed by atoms with Gasteiger partial charge in [-0.05, 0) is 43.2 Å². The molecular formula is C17H21NO5. The van der Waals surface area contributed by atoms with E-state index in [9.17, 15) is 19.8 Å². The summed E-state index contributed by atoms with van der Waals surface area (Å²) in [5, 5.41) is 18.9. The molecule has 0 unspecified atom stereocenters. The maximum Gasteiger partial charge on any atom is 0.326 e. The van der Waals surface area contributed by atoms with E-state index in [0.717, 1.165) is 5.57 Å². The highest BCUT2D eigenvalue weighted by Crippen LogP contribution is 2.22. The summed E-state index contributed by atoms with van der Waals surface area (Å²) in [7, 11) is 0. The minimum absolute atomic E-state index is 0.0564. The number of benzene rings is 1. The zero-order valence-corrected chi connectivity index (χ0v) is 13.1. The molecule has 6 nitrogen and oxygen atoms in total. The molecule has 124 valence electrons. The number of piperidine rings is 1. The third kappa shape index (κ3) is 4.32.